The van der Waals surface area contributed by atoms with Crippen LogP contribution in [-0.4, -0.2) is 21.9 Å². The second kappa shape index (κ2) is 2.41. The maximum Gasteiger partial charge on any atom is 0.365 e. The Labute approximate surface area is 82.9 Å². The first-order chi connectivity index (χ1) is 7.15. The van der Waals surface area contributed by atoms with Gasteiger partial charge in [0.25, 0.3) is 0 Å². The molecule has 0 aromatic carbocycles. The third-order valence-corrected chi connectivity index (χ3v) is 2.09. The van der Waals surface area contributed by atoms with E-state index >= 15 is 0 Å². The summed E-state index contributed by atoms with van der Waals surface area (Å²) in [4.78, 5) is 30.2. The minimum atomic E-state index is -0.744. The number of pyridine rings is 1. The molecule has 74 valence electrons. The second-order valence-electron chi connectivity index (χ2n) is 3.12. The molecule has 0 saturated heterocycles. The summed E-state index contributed by atoms with van der Waals surface area (Å²) in [6.45, 7) is 1.66. The van der Waals surface area contributed by atoms with Gasteiger partial charge in [-0.05, 0) is 6.07 Å². The van der Waals surface area contributed by atoms with Crippen LogP contribution in [-0.2, 0) is 4.74 Å². The summed E-state index contributed by atoms with van der Waals surface area (Å²) >= 11 is 0. The normalized spacial score (nSPS) is 14.5. The zero-order chi connectivity index (χ0) is 10.6. The van der Waals surface area contributed by atoms with Crippen molar-refractivity contribution >= 4 is 23.2 Å². The highest BCUT2D eigenvalue weighted by atomic mass is 16.6. The number of carbonyl (C=O) groups excluding carboxylic acids is 2. The molecule has 1 aliphatic heterocycles. The monoisotopic (exact) mass is 204 g/mol. The number of carbonyl (C=O) groups is 2. The number of hydrogen-bond donors (Lipinski definition) is 0. The number of oxazole rings is 1. The minimum absolute atomic E-state index is 0.0105. The number of esters is 2. The lowest BCUT2D eigenvalue weighted by Crippen LogP contribution is -1.98. The maximum absolute atomic E-state index is 11.2. The molecule has 1 aliphatic rings. The number of fused-ring (bicyclic) bond motifs is 2. The average molecular weight is 204 g/mol. The van der Waals surface area contributed by atoms with E-state index in [1.54, 1.807) is 6.92 Å². The molecule has 2 aromatic heterocycles. The molecule has 0 amide bonds. The molecule has 0 atom stereocenters. The van der Waals surface area contributed by atoms with E-state index in [1.165, 1.54) is 6.07 Å². The van der Waals surface area contributed by atoms with E-state index in [0.717, 1.165) is 0 Å². The lowest BCUT2D eigenvalue weighted by atomic mass is 10.2. The molecule has 0 bridgehead atoms. The van der Waals surface area contributed by atoms with Gasteiger partial charge in [-0.15, -0.1) is 0 Å². The lowest BCUT2D eigenvalue weighted by Gasteiger charge is -1.89. The summed E-state index contributed by atoms with van der Waals surface area (Å²) in [5.41, 5.74) is 0.806. The van der Waals surface area contributed by atoms with Crippen molar-refractivity contribution in [3.8, 4) is 0 Å². The van der Waals surface area contributed by atoms with E-state index in [-0.39, 0.29) is 17.0 Å². The van der Waals surface area contributed by atoms with Crippen LogP contribution in [0.3, 0.4) is 0 Å². The van der Waals surface area contributed by atoms with Crippen molar-refractivity contribution < 1.29 is 18.7 Å². The van der Waals surface area contributed by atoms with Crippen LogP contribution in [0.4, 0.5) is 0 Å². The molecule has 0 fully saturated rings. The highest BCUT2D eigenvalue weighted by molar-refractivity contribution is 6.14. The predicted octanol–water partition coefficient (Wildman–Crippen LogP) is 0.842. The van der Waals surface area contributed by atoms with E-state index in [2.05, 4.69) is 14.7 Å². The van der Waals surface area contributed by atoms with Crippen molar-refractivity contribution in [1.29, 1.82) is 0 Å². The molecule has 15 heavy (non-hydrogen) atoms. The third-order valence-electron chi connectivity index (χ3n) is 2.09. The van der Waals surface area contributed by atoms with Gasteiger partial charge in [0.1, 0.15) is 5.52 Å². The van der Waals surface area contributed by atoms with Gasteiger partial charge in [0.2, 0.25) is 5.71 Å². The standard InChI is InChI=1S/C9H4N2O4/c1-3-10-5-2-4-6(11-7(5)14-3)9(13)15-8(4)12/h2H,1H3. The first-order valence-electron chi connectivity index (χ1n) is 4.20. The molecule has 0 N–H and O–H groups in total. The molecule has 0 unspecified atom stereocenters. The molecule has 0 radical (unpaired) electrons. The SMILES string of the molecule is Cc1nc2cc3c(nc2o1)C(=O)OC3=O. The quantitative estimate of drug-likeness (QED) is 0.467. The Balaban J connectivity index is 2.40. The van der Waals surface area contributed by atoms with Crippen molar-refractivity contribution in [1.82, 2.24) is 9.97 Å². The second-order valence-corrected chi connectivity index (χ2v) is 3.12. The number of ether oxygens (including phenoxy) is 1. The van der Waals surface area contributed by atoms with Crippen LogP contribution in [0.5, 0.6) is 0 Å². The Hall–Kier alpha value is -2.24. The first-order valence-corrected chi connectivity index (χ1v) is 4.20. The van der Waals surface area contributed by atoms with Crippen molar-refractivity contribution in [3.05, 3.63) is 23.2 Å². The molecule has 3 rings (SSSR count). The van der Waals surface area contributed by atoms with Crippen LogP contribution in [0.1, 0.15) is 26.7 Å². The predicted molar refractivity (Wildman–Crippen MR) is 46.3 cm³/mol. The van der Waals surface area contributed by atoms with Crippen LogP contribution in [0.25, 0.3) is 11.2 Å². The van der Waals surface area contributed by atoms with Crippen LogP contribution < -0.4 is 0 Å². The summed E-state index contributed by atoms with van der Waals surface area (Å²) in [6, 6.07) is 1.45. The first kappa shape index (κ1) is 8.10. The molecule has 3 heterocycles. The van der Waals surface area contributed by atoms with E-state index in [9.17, 15) is 9.59 Å². The Morgan fingerprint density at radius 3 is 2.80 bits per heavy atom. The molecule has 0 spiro atoms. The fourth-order valence-corrected chi connectivity index (χ4v) is 1.47. The summed E-state index contributed by atoms with van der Waals surface area (Å²) in [6.07, 6.45) is 0. The van der Waals surface area contributed by atoms with E-state index < -0.39 is 11.9 Å². The van der Waals surface area contributed by atoms with Gasteiger partial charge >= 0.3 is 11.9 Å². The number of rotatable bonds is 0. The minimum Gasteiger partial charge on any atom is -0.423 e. The molecular formula is C9H4N2O4. The van der Waals surface area contributed by atoms with Crippen LogP contribution in [0, 0.1) is 6.92 Å². The highest BCUT2D eigenvalue weighted by Crippen LogP contribution is 2.23. The fraction of sp³-hybridized carbons (Fsp3) is 0.111. The Morgan fingerprint density at radius 2 is 2.00 bits per heavy atom. The van der Waals surface area contributed by atoms with Gasteiger partial charge in [0.05, 0.1) is 5.56 Å². The Bertz CT molecular complexity index is 563. The van der Waals surface area contributed by atoms with Gasteiger partial charge in [0.15, 0.2) is 11.6 Å². The summed E-state index contributed by atoms with van der Waals surface area (Å²) in [5.74, 6) is -1.00. The highest BCUT2D eigenvalue weighted by Gasteiger charge is 2.32. The van der Waals surface area contributed by atoms with Crippen molar-refractivity contribution in [2.24, 2.45) is 0 Å². The van der Waals surface area contributed by atoms with Gasteiger partial charge < -0.3 is 9.15 Å². The summed E-state index contributed by atoms with van der Waals surface area (Å²) < 4.78 is 9.53. The number of cyclic esters (lactones) is 2. The molecule has 0 saturated carbocycles. The topological polar surface area (TPSA) is 82.3 Å². The number of aryl methyl sites for hydroxylation is 1. The van der Waals surface area contributed by atoms with Crippen molar-refractivity contribution in [2.75, 3.05) is 0 Å². The average Bonchev–Trinajstić information content (AvgIpc) is 2.65. The summed E-state index contributed by atoms with van der Waals surface area (Å²) in [5, 5.41) is 0. The smallest absolute Gasteiger partial charge is 0.365 e. The summed E-state index contributed by atoms with van der Waals surface area (Å²) in [7, 11) is 0. The maximum atomic E-state index is 11.2. The van der Waals surface area contributed by atoms with Crippen molar-refractivity contribution in [3.63, 3.8) is 0 Å². The van der Waals surface area contributed by atoms with Gasteiger partial charge in [-0.1, -0.05) is 0 Å². The van der Waals surface area contributed by atoms with E-state index in [4.69, 9.17) is 4.42 Å². The van der Waals surface area contributed by atoms with Gasteiger partial charge in [0, 0.05) is 6.92 Å². The molecule has 0 aliphatic carbocycles. The van der Waals surface area contributed by atoms with Gasteiger partial charge in [-0.2, -0.15) is 0 Å². The Kier molecular flexibility index (Phi) is 1.30. The van der Waals surface area contributed by atoms with E-state index in [0.29, 0.717) is 11.4 Å². The van der Waals surface area contributed by atoms with Crippen LogP contribution in [0.15, 0.2) is 10.5 Å². The van der Waals surface area contributed by atoms with Gasteiger partial charge in [-0.3, -0.25) is 0 Å². The van der Waals surface area contributed by atoms with Crippen LogP contribution in [0.2, 0.25) is 0 Å². The van der Waals surface area contributed by atoms with E-state index in [1.807, 2.05) is 0 Å². The Morgan fingerprint density at radius 1 is 1.20 bits per heavy atom. The van der Waals surface area contributed by atoms with Gasteiger partial charge in [-0.25, -0.2) is 19.6 Å². The molecular weight excluding hydrogens is 200 g/mol. The zero-order valence-corrected chi connectivity index (χ0v) is 7.60. The molecule has 6 nitrogen and oxygen atoms in total. The molecule has 2 aromatic rings. The number of nitrogens with zero attached hydrogens (tertiary/aromatic N) is 2. The number of hydrogen-bond acceptors (Lipinski definition) is 6. The number of aromatic nitrogens is 2. The van der Waals surface area contributed by atoms with Crippen molar-refractivity contribution in [2.45, 2.75) is 6.92 Å². The van der Waals surface area contributed by atoms with Crippen LogP contribution >= 0.6 is 0 Å². The molecule has 6 heteroatoms. The largest absolute Gasteiger partial charge is 0.423 e. The zero-order valence-electron chi connectivity index (χ0n) is 7.60. The lowest BCUT2D eigenvalue weighted by molar-refractivity contribution is 0.0441. The fourth-order valence-electron chi connectivity index (χ4n) is 1.47. The third kappa shape index (κ3) is 0.983.